The maximum absolute atomic E-state index is 15.1. The zero-order valence-corrected chi connectivity index (χ0v) is 20.9. The summed E-state index contributed by atoms with van der Waals surface area (Å²) in [4.78, 5) is 45.8. The Kier molecular flexibility index (Phi) is 7.63. The maximum atomic E-state index is 15.1. The number of carbonyl (C=O) groups excluding carboxylic acids is 2. The molecule has 0 bridgehead atoms. The van der Waals surface area contributed by atoms with Gasteiger partial charge in [-0.05, 0) is 24.3 Å². The number of halogens is 1. The molecule has 14 nitrogen and oxygen atoms in total. The van der Waals surface area contributed by atoms with Gasteiger partial charge in [-0.25, -0.2) is 13.9 Å². The molecule has 1 fully saturated rings. The number of cyclic esters (lactones) is 1. The first-order valence-corrected chi connectivity index (χ1v) is 12.2. The van der Waals surface area contributed by atoms with Gasteiger partial charge in [-0.3, -0.25) is 19.5 Å². The maximum Gasteiger partial charge on any atom is 0.414 e. The number of nitrogens with zero attached hydrogens (tertiary/aromatic N) is 6. The predicted molar refractivity (Wildman–Crippen MR) is 134 cm³/mol. The Morgan fingerprint density at radius 3 is 2.80 bits per heavy atom. The quantitative estimate of drug-likeness (QED) is 0.345. The lowest BCUT2D eigenvalue weighted by Crippen LogP contribution is -2.36. The number of hydrogen-bond acceptors (Lipinski definition) is 11. The van der Waals surface area contributed by atoms with Gasteiger partial charge in [0.15, 0.2) is 6.10 Å². The van der Waals surface area contributed by atoms with Crippen molar-refractivity contribution in [3.63, 3.8) is 0 Å². The summed E-state index contributed by atoms with van der Waals surface area (Å²) in [5.74, 6) is -2.59. The Morgan fingerprint density at radius 1 is 1.25 bits per heavy atom. The average Bonchev–Trinajstić information content (AvgIpc) is 3.69. The molecule has 0 saturated carbocycles. The molecular formula is C25H24FN7O7. The first-order valence-electron chi connectivity index (χ1n) is 12.2. The van der Waals surface area contributed by atoms with Crippen molar-refractivity contribution in [2.45, 2.75) is 37.6 Å². The van der Waals surface area contributed by atoms with Crippen LogP contribution in [0.5, 0.6) is 0 Å². The van der Waals surface area contributed by atoms with E-state index in [4.69, 9.17) is 25.2 Å². The highest BCUT2D eigenvalue weighted by Crippen LogP contribution is 2.29. The summed E-state index contributed by atoms with van der Waals surface area (Å²) in [6.07, 6.45) is 2.84. The van der Waals surface area contributed by atoms with Crippen LogP contribution in [-0.2, 0) is 30.4 Å². The molecule has 3 N–H and O–H groups in total. The van der Waals surface area contributed by atoms with Crippen LogP contribution < -0.4 is 10.6 Å². The van der Waals surface area contributed by atoms with Crippen LogP contribution in [0.2, 0.25) is 0 Å². The number of hydrogen-bond donors (Lipinski definition) is 2. The van der Waals surface area contributed by atoms with Gasteiger partial charge in [0.2, 0.25) is 0 Å². The number of esters is 1. The normalized spacial score (nSPS) is 19.1. The van der Waals surface area contributed by atoms with Gasteiger partial charge in [0.05, 0.1) is 37.1 Å². The van der Waals surface area contributed by atoms with Gasteiger partial charge in [0.25, 0.3) is 0 Å². The molecule has 1 aromatic carbocycles. The van der Waals surface area contributed by atoms with E-state index in [1.54, 1.807) is 35.1 Å². The van der Waals surface area contributed by atoms with Gasteiger partial charge in [-0.1, -0.05) is 16.4 Å². The molecular weight excluding hydrogens is 529 g/mol. The highest BCUT2D eigenvalue weighted by Gasteiger charge is 2.33. The summed E-state index contributed by atoms with van der Waals surface area (Å²) >= 11 is 0. The highest BCUT2D eigenvalue weighted by atomic mass is 19.1. The van der Waals surface area contributed by atoms with Crippen molar-refractivity contribution < 1.29 is 38.2 Å². The number of benzene rings is 1. The molecule has 0 unspecified atom stereocenters. The molecule has 2 aliphatic rings. The highest BCUT2D eigenvalue weighted by molar-refractivity contribution is 6.00. The number of carbonyl (C=O) groups is 3. The molecule has 5 rings (SSSR count). The third-order valence-electron chi connectivity index (χ3n) is 6.21. The van der Waals surface area contributed by atoms with Gasteiger partial charge >= 0.3 is 18.0 Å². The van der Waals surface area contributed by atoms with Gasteiger partial charge in [-0.15, -0.1) is 5.10 Å². The lowest BCUT2D eigenvalue weighted by Gasteiger charge is -2.14. The zero-order valence-electron chi connectivity index (χ0n) is 20.9. The molecule has 0 aliphatic carbocycles. The molecule has 2 aliphatic heterocycles. The molecule has 1 saturated heterocycles. The summed E-state index contributed by atoms with van der Waals surface area (Å²) in [6, 6.07) is 6.54. The smallest absolute Gasteiger partial charge is 0.414 e. The van der Waals surface area contributed by atoms with E-state index in [2.05, 4.69) is 20.5 Å². The van der Waals surface area contributed by atoms with Gasteiger partial charge in [0, 0.05) is 29.9 Å². The minimum Gasteiger partial charge on any atom is -0.481 e. The molecule has 208 valence electrons. The van der Waals surface area contributed by atoms with Crippen LogP contribution in [0.1, 0.15) is 18.5 Å². The van der Waals surface area contributed by atoms with Crippen molar-refractivity contribution in [2.24, 2.45) is 10.9 Å². The van der Waals surface area contributed by atoms with Crippen LogP contribution >= 0.6 is 0 Å². The monoisotopic (exact) mass is 553 g/mol. The van der Waals surface area contributed by atoms with Crippen molar-refractivity contribution in [3.05, 3.63) is 60.4 Å². The number of aliphatic carboxylic acids is 1. The third-order valence-corrected chi connectivity index (χ3v) is 6.21. The first kappa shape index (κ1) is 26.7. The van der Waals surface area contributed by atoms with E-state index in [9.17, 15) is 14.4 Å². The lowest BCUT2D eigenvalue weighted by atomic mass is 10.0. The standard InChI is InChI=1S/C25H24FN7O7/c26-19-7-15(33-12-17(39-25(33)37)11-32-6-5-29-31-32)2-3-18(19)14-1-4-21(28-10-14)22-8-16(40-30-22)13-38-24(36)20(27)9-23(34)35/h1-7,10,16-17,20H,8-9,11-13,27H2,(H,34,35)/t16-,17-,20-/m0/s1. The number of nitrogens with two attached hydrogens (primary N) is 1. The molecule has 2 aromatic heterocycles. The van der Waals surface area contributed by atoms with Crippen molar-refractivity contribution in [1.29, 1.82) is 0 Å². The fourth-order valence-corrected chi connectivity index (χ4v) is 4.22. The van der Waals surface area contributed by atoms with Crippen LogP contribution in [-0.4, -0.2) is 80.2 Å². The minimum atomic E-state index is -1.27. The van der Waals surface area contributed by atoms with E-state index < -0.39 is 48.5 Å². The van der Waals surface area contributed by atoms with E-state index in [0.29, 0.717) is 41.2 Å². The van der Waals surface area contributed by atoms with Crippen molar-refractivity contribution in [1.82, 2.24) is 20.0 Å². The lowest BCUT2D eigenvalue weighted by molar-refractivity contribution is -0.152. The number of anilines is 1. The number of carboxylic acids is 1. The third kappa shape index (κ3) is 6.04. The van der Waals surface area contributed by atoms with E-state index >= 15 is 4.39 Å². The van der Waals surface area contributed by atoms with E-state index in [1.807, 2.05) is 0 Å². The second kappa shape index (κ2) is 11.4. The average molecular weight is 554 g/mol. The Bertz CT molecular complexity index is 1430. The molecule has 1 amide bonds. The summed E-state index contributed by atoms with van der Waals surface area (Å²) in [6.45, 7) is 0.428. The van der Waals surface area contributed by atoms with E-state index in [-0.39, 0.29) is 13.2 Å². The minimum absolute atomic E-state index is 0.152. The predicted octanol–water partition coefficient (Wildman–Crippen LogP) is 1.34. The number of aromatic nitrogens is 4. The summed E-state index contributed by atoms with van der Waals surface area (Å²) in [5, 5.41) is 20.3. The van der Waals surface area contributed by atoms with E-state index in [1.165, 1.54) is 23.4 Å². The Balaban J connectivity index is 1.17. The largest absolute Gasteiger partial charge is 0.481 e. The van der Waals surface area contributed by atoms with Crippen LogP contribution in [0.3, 0.4) is 0 Å². The first-order chi connectivity index (χ1) is 19.3. The van der Waals surface area contributed by atoms with Crippen molar-refractivity contribution in [3.8, 4) is 11.1 Å². The Labute approximate surface area is 226 Å². The fraction of sp³-hybridized carbons (Fsp3) is 0.320. The molecule has 0 spiro atoms. The molecule has 40 heavy (non-hydrogen) atoms. The number of oxime groups is 1. The molecule has 3 aromatic rings. The topological polar surface area (TPSA) is 184 Å². The zero-order chi connectivity index (χ0) is 28.2. The number of rotatable bonds is 10. The molecule has 15 heteroatoms. The number of carboxylic acid groups (broad SMARTS) is 1. The number of ether oxygens (including phenoxy) is 2. The Hall–Kier alpha value is -4.92. The van der Waals surface area contributed by atoms with Crippen molar-refractivity contribution in [2.75, 3.05) is 18.1 Å². The van der Waals surface area contributed by atoms with E-state index in [0.717, 1.165) is 0 Å². The Morgan fingerprint density at radius 2 is 2.10 bits per heavy atom. The number of pyridine rings is 1. The summed E-state index contributed by atoms with van der Waals surface area (Å²) in [5.41, 5.74) is 7.65. The van der Waals surface area contributed by atoms with Crippen LogP contribution in [0.25, 0.3) is 11.1 Å². The SMILES string of the molecule is N[C@@H](CC(=O)O)C(=O)OC[C@@H]1CC(c2ccc(-c3ccc(N4C[C@H](Cn5ccnn5)OC4=O)cc3F)cn2)=NO1. The second-order valence-electron chi connectivity index (χ2n) is 9.14. The van der Waals surface area contributed by atoms with Gasteiger partial charge in [-0.2, -0.15) is 0 Å². The molecule has 4 heterocycles. The van der Waals surface area contributed by atoms with Gasteiger partial charge in [0.1, 0.15) is 30.3 Å². The summed E-state index contributed by atoms with van der Waals surface area (Å²) < 4.78 is 27.0. The van der Waals surface area contributed by atoms with Crippen LogP contribution in [0, 0.1) is 5.82 Å². The molecule has 0 radical (unpaired) electrons. The van der Waals surface area contributed by atoms with Gasteiger partial charge < -0.3 is 25.2 Å². The second-order valence-corrected chi connectivity index (χ2v) is 9.14. The number of amides is 1. The fourth-order valence-electron chi connectivity index (χ4n) is 4.22. The van der Waals surface area contributed by atoms with Crippen molar-refractivity contribution >= 4 is 29.4 Å². The van der Waals surface area contributed by atoms with Crippen LogP contribution in [0.15, 0.2) is 54.1 Å². The van der Waals surface area contributed by atoms with Crippen LogP contribution in [0.4, 0.5) is 14.9 Å². The molecule has 3 atom stereocenters. The summed E-state index contributed by atoms with van der Waals surface area (Å²) in [7, 11) is 0.